The second kappa shape index (κ2) is 8.14. The molecular weight excluding hydrogens is 439 g/mol. The molecule has 0 spiro atoms. The summed E-state index contributed by atoms with van der Waals surface area (Å²) in [6.07, 6.45) is -2.18. The average molecular weight is 464 g/mol. The van der Waals surface area contributed by atoms with Crippen molar-refractivity contribution in [1.29, 1.82) is 0 Å². The first-order valence-electron chi connectivity index (χ1n) is 10.4. The number of hydrogen-bond donors (Lipinski definition) is 1. The second-order valence-corrected chi connectivity index (χ2v) is 9.72. The van der Waals surface area contributed by atoms with Crippen molar-refractivity contribution < 1.29 is 27.8 Å². The number of esters is 1. The maximum Gasteiger partial charge on any atom is 0.417 e. The number of aliphatic hydroxyl groups is 1. The Kier molecular flexibility index (Phi) is 5.77. The fraction of sp³-hybridized carbons (Fsp3) is 0.417. The smallest absolute Gasteiger partial charge is 0.417 e. The third-order valence-corrected chi connectivity index (χ3v) is 7.45. The van der Waals surface area contributed by atoms with E-state index in [1.54, 1.807) is 0 Å². The van der Waals surface area contributed by atoms with Gasteiger partial charge in [-0.3, -0.25) is 0 Å². The van der Waals surface area contributed by atoms with Crippen molar-refractivity contribution in [2.75, 3.05) is 5.75 Å². The van der Waals surface area contributed by atoms with Gasteiger partial charge in [0.15, 0.2) is 0 Å². The van der Waals surface area contributed by atoms with Gasteiger partial charge in [-0.2, -0.15) is 13.2 Å². The molecule has 1 saturated carbocycles. The van der Waals surface area contributed by atoms with Crippen molar-refractivity contribution in [2.45, 2.75) is 57.3 Å². The number of thioether (sulfide) groups is 1. The lowest BCUT2D eigenvalue weighted by molar-refractivity contribution is -0.147. The summed E-state index contributed by atoms with van der Waals surface area (Å²) >= 11 is 1.34. The molecule has 4 nitrogen and oxygen atoms in total. The fourth-order valence-electron chi connectivity index (χ4n) is 4.36. The number of benzene rings is 1. The molecular formula is C24H24F3NO3S. The quantitative estimate of drug-likeness (QED) is 0.424. The fourth-order valence-corrected chi connectivity index (χ4v) is 5.56. The molecule has 0 saturated heterocycles. The molecule has 2 aliphatic rings. The van der Waals surface area contributed by atoms with Crippen LogP contribution in [0.3, 0.4) is 0 Å². The van der Waals surface area contributed by atoms with E-state index in [-0.39, 0.29) is 23.2 Å². The number of aromatic nitrogens is 1. The number of halogens is 3. The van der Waals surface area contributed by atoms with Gasteiger partial charge in [-0.15, -0.1) is 11.8 Å². The van der Waals surface area contributed by atoms with Crippen LogP contribution in [0, 0.1) is 26.2 Å². The molecule has 1 unspecified atom stereocenters. The van der Waals surface area contributed by atoms with E-state index >= 15 is 0 Å². The van der Waals surface area contributed by atoms with Gasteiger partial charge < -0.3 is 9.84 Å². The summed E-state index contributed by atoms with van der Waals surface area (Å²) in [5.41, 5.74) is 2.75. The van der Waals surface area contributed by atoms with E-state index in [2.05, 4.69) is 4.98 Å². The highest BCUT2D eigenvalue weighted by Crippen LogP contribution is 2.55. The first kappa shape index (κ1) is 22.7. The van der Waals surface area contributed by atoms with Crippen LogP contribution in [0.4, 0.5) is 13.2 Å². The Bertz CT molecular complexity index is 1070. The van der Waals surface area contributed by atoms with Crippen LogP contribution in [-0.4, -0.2) is 27.9 Å². The molecule has 1 aromatic heterocycles. The lowest BCUT2D eigenvalue weighted by atomic mass is 9.88. The molecule has 0 radical (unpaired) electrons. The summed E-state index contributed by atoms with van der Waals surface area (Å²) in [5.74, 6) is 0.0529. The minimum absolute atomic E-state index is 0.0326. The summed E-state index contributed by atoms with van der Waals surface area (Å²) in [6.45, 7) is 5.80. The molecule has 1 N–H and O–H groups in total. The zero-order valence-electron chi connectivity index (χ0n) is 18.0. The third kappa shape index (κ3) is 4.37. The predicted molar refractivity (Wildman–Crippen MR) is 116 cm³/mol. The van der Waals surface area contributed by atoms with E-state index in [1.807, 2.05) is 32.9 Å². The zero-order valence-corrected chi connectivity index (χ0v) is 18.9. The third-order valence-electron chi connectivity index (χ3n) is 6.19. The molecule has 1 aliphatic heterocycles. The number of ether oxygens (including phenoxy) is 1. The summed E-state index contributed by atoms with van der Waals surface area (Å²) in [7, 11) is 0. The Labute approximate surface area is 188 Å². The summed E-state index contributed by atoms with van der Waals surface area (Å²) in [6, 6.07) is 6.31. The maximum atomic E-state index is 12.9. The van der Waals surface area contributed by atoms with Crippen molar-refractivity contribution in [3.05, 3.63) is 64.0 Å². The van der Waals surface area contributed by atoms with Gasteiger partial charge in [0, 0.05) is 23.8 Å². The number of aryl methyl sites for hydroxylation is 3. The molecule has 1 fully saturated rings. The van der Waals surface area contributed by atoms with Crippen LogP contribution >= 0.6 is 11.8 Å². The van der Waals surface area contributed by atoms with Crippen LogP contribution in [0.25, 0.3) is 5.57 Å². The second-order valence-electron chi connectivity index (χ2n) is 8.73. The molecule has 0 bridgehead atoms. The summed E-state index contributed by atoms with van der Waals surface area (Å²) in [5, 5.41) is 11.3. The van der Waals surface area contributed by atoms with E-state index in [0.29, 0.717) is 16.3 Å². The minimum atomic E-state index is -4.42. The van der Waals surface area contributed by atoms with Gasteiger partial charge in [0.05, 0.1) is 10.6 Å². The predicted octanol–water partition coefficient (Wildman–Crippen LogP) is 6.18. The number of nitrogens with zero attached hydrogens (tertiary/aromatic N) is 1. The van der Waals surface area contributed by atoms with Crippen LogP contribution in [0.15, 0.2) is 41.2 Å². The molecule has 32 heavy (non-hydrogen) atoms. The van der Waals surface area contributed by atoms with Crippen molar-refractivity contribution in [3.8, 4) is 0 Å². The molecule has 2 aromatic rings. The van der Waals surface area contributed by atoms with Crippen molar-refractivity contribution in [1.82, 2.24) is 4.98 Å². The van der Waals surface area contributed by atoms with Crippen LogP contribution in [0.1, 0.15) is 47.1 Å². The molecule has 4 rings (SSSR count). The maximum absolute atomic E-state index is 12.9. The number of aliphatic hydroxyl groups excluding tert-OH is 1. The number of carbonyl (C=O) groups is 1. The van der Waals surface area contributed by atoms with Gasteiger partial charge >= 0.3 is 12.1 Å². The topological polar surface area (TPSA) is 59.4 Å². The van der Waals surface area contributed by atoms with E-state index in [9.17, 15) is 23.1 Å². The van der Waals surface area contributed by atoms with E-state index < -0.39 is 23.8 Å². The largest absolute Gasteiger partial charge is 0.511 e. The van der Waals surface area contributed by atoms with Crippen molar-refractivity contribution in [3.63, 3.8) is 0 Å². The standard InChI is InChI=1S/C24H24F3NO3S/c1-13-8-14(2)20(15(3)9-13)21-17(29)10-18(31-22(21)30)23(6-7-23)12-32-19-5-4-16(11-28-19)24(25,26)27/h4-5,8-9,11,18,29H,6-7,10,12H2,1-3H3. The molecule has 1 atom stereocenters. The number of pyridine rings is 1. The first-order valence-corrected chi connectivity index (χ1v) is 11.4. The highest BCUT2D eigenvalue weighted by atomic mass is 32.2. The number of carbonyl (C=O) groups excluding carboxylic acids is 1. The highest BCUT2D eigenvalue weighted by Gasteiger charge is 2.53. The lowest BCUT2D eigenvalue weighted by Gasteiger charge is -2.31. The summed E-state index contributed by atoms with van der Waals surface area (Å²) < 4.78 is 44.0. The monoisotopic (exact) mass is 463 g/mol. The zero-order chi connectivity index (χ0) is 23.3. The van der Waals surface area contributed by atoms with Crippen LogP contribution in [0.2, 0.25) is 0 Å². The highest BCUT2D eigenvalue weighted by molar-refractivity contribution is 7.99. The van der Waals surface area contributed by atoms with E-state index in [1.165, 1.54) is 17.8 Å². The number of alkyl halides is 3. The Morgan fingerprint density at radius 1 is 1.19 bits per heavy atom. The van der Waals surface area contributed by atoms with Crippen molar-refractivity contribution >= 4 is 23.3 Å². The Balaban J connectivity index is 1.49. The minimum Gasteiger partial charge on any atom is -0.511 e. The average Bonchev–Trinajstić information content (AvgIpc) is 3.48. The molecule has 170 valence electrons. The van der Waals surface area contributed by atoms with E-state index in [0.717, 1.165) is 41.8 Å². The lowest BCUT2D eigenvalue weighted by Crippen LogP contribution is -2.35. The number of cyclic esters (lactones) is 1. The van der Waals surface area contributed by atoms with Gasteiger partial charge in [-0.1, -0.05) is 17.7 Å². The molecule has 2 heterocycles. The van der Waals surface area contributed by atoms with Crippen LogP contribution in [-0.2, 0) is 15.7 Å². The van der Waals surface area contributed by atoms with Gasteiger partial charge in [0.2, 0.25) is 0 Å². The molecule has 1 aliphatic carbocycles. The normalized spacial score (nSPS) is 20.3. The SMILES string of the molecule is Cc1cc(C)c(C2=C(O)CC(C3(CSc4ccc(C(F)(F)F)cn4)CC3)OC2=O)c(C)c1. The van der Waals surface area contributed by atoms with Gasteiger partial charge in [-0.25, -0.2) is 9.78 Å². The first-order chi connectivity index (χ1) is 15.0. The Hall–Kier alpha value is -2.48. The Morgan fingerprint density at radius 3 is 2.34 bits per heavy atom. The van der Waals surface area contributed by atoms with Gasteiger partial charge in [-0.05, 0) is 62.4 Å². The van der Waals surface area contributed by atoms with Crippen LogP contribution in [0.5, 0.6) is 0 Å². The van der Waals surface area contributed by atoms with Gasteiger partial charge in [0.1, 0.15) is 17.4 Å². The molecule has 8 heteroatoms. The van der Waals surface area contributed by atoms with Crippen LogP contribution < -0.4 is 0 Å². The molecule has 1 aromatic carbocycles. The van der Waals surface area contributed by atoms with E-state index in [4.69, 9.17) is 4.74 Å². The number of rotatable bonds is 5. The Morgan fingerprint density at radius 2 is 1.84 bits per heavy atom. The molecule has 0 amide bonds. The summed E-state index contributed by atoms with van der Waals surface area (Å²) in [4.78, 5) is 16.8. The van der Waals surface area contributed by atoms with Crippen molar-refractivity contribution in [2.24, 2.45) is 5.41 Å². The number of hydrogen-bond acceptors (Lipinski definition) is 5. The van der Waals surface area contributed by atoms with Gasteiger partial charge in [0.25, 0.3) is 0 Å².